The normalized spacial score (nSPS) is 35.8. The lowest BCUT2D eigenvalue weighted by Gasteiger charge is -2.33. The Hall–Kier alpha value is -0.0800. The minimum atomic E-state index is 0.713. The van der Waals surface area contributed by atoms with Gasteiger partial charge < -0.3 is 10.6 Å². The lowest BCUT2D eigenvalue weighted by molar-refractivity contribution is 0.273. The Morgan fingerprint density at radius 3 is 2.50 bits per heavy atom. The van der Waals surface area contributed by atoms with Crippen LogP contribution in [0.2, 0.25) is 0 Å². The van der Waals surface area contributed by atoms with Gasteiger partial charge in [-0.05, 0) is 39.2 Å². The van der Waals surface area contributed by atoms with Crippen molar-refractivity contribution in [1.82, 2.24) is 10.6 Å². The summed E-state index contributed by atoms with van der Waals surface area (Å²) in [7, 11) is 0. The van der Waals surface area contributed by atoms with Gasteiger partial charge in [0.1, 0.15) is 0 Å². The van der Waals surface area contributed by atoms with Crippen LogP contribution < -0.4 is 10.6 Å². The van der Waals surface area contributed by atoms with Gasteiger partial charge in [0, 0.05) is 18.1 Å². The highest BCUT2D eigenvalue weighted by Gasteiger charge is 2.21. The summed E-state index contributed by atoms with van der Waals surface area (Å²) in [5, 5.41) is 7.36. The summed E-state index contributed by atoms with van der Waals surface area (Å²) in [6.07, 6.45) is 9.81. The van der Waals surface area contributed by atoms with Gasteiger partial charge in [0.15, 0.2) is 0 Å². The first-order chi connectivity index (χ1) is 6.84. The van der Waals surface area contributed by atoms with Crippen molar-refractivity contribution in [3.8, 4) is 0 Å². The van der Waals surface area contributed by atoms with Crippen molar-refractivity contribution in [2.45, 2.75) is 70.0 Å². The second kappa shape index (κ2) is 5.13. The van der Waals surface area contributed by atoms with Crippen LogP contribution in [0.1, 0.15) is 51.9 Å². The summed E-state index contributed by atoms with van der Waals surface area (Å²) in [5.41, 5.74) is 0. The number of nitrogens with one attached hydrogen (secondary N) is 2. The van der Waals surface area contributed by atoms with Gasteiger partial charge in [-0.25, -0.2) is 0 Å². The first-order valence-corrected chi connectivity index (χ1v) is 6.34. The summed E-state index contributed by atoms with van der Waals surface area (Å²) < 4.78 is 0. The van der Waals surface area contributed by atoms with Crippen molar-refractivity contribution in [2.24, 2.45) is 0 Å². The van der Waals surface area contributed by atoms with E-state index in [1.165, 1.54) is 51.5 Å². The molecule has 0 aromatic heterocycles. The van der Waals surface area contributed by atoms with Gasteiger partial charge in [-0.3, -0.25) is 0 Å². The number of hydrogen-bond donors (Lipinski definition) is 2. The van der Waals surface area contributed by atoms with Gasteiger partial charge in [0.25, 0.3) is 0 Å². The molecule has 1 aliphatic carbocycles. The van der Waals surface area contributed by atoms with E-state index in [1.54, 1.807) is 0 Å². The third-order valence-electron chi connectivity index (χ3n) is 3.70. The molecule has 0 aromatic carbocycles. The summed E-state index contributed by atoms with van der Waals surface area (Å²) in [4.78, 5) is 0. The van der Waals surface area contributed by atoms with Crippen LogP contribution in [0.25, 0.3) is 0 Å². The van der Waals surface area contributed by atoms with Gasteiger partial charge in [-0.15, -0.1) is 0 Å². The molecule has 82 valence electrons. The highest BCUT2D eigenvalue weighted by Crippen LogP contribution is 2.19. The summed E-state index contributed by atoms with van der Waals surface area (Å²) in [6, 6.07) is 2.33. The van der Waals surface area contributed by atoms with Crippen LogP contribution in [-0.2, 0) is 0 Å². The second-order valence-electron chi connectivity index (χ2n) is 5.08. The molecule has 2 nitrogen and oxygen atoms in total. The van der Waals surface area contributed by atoms with E-state index in [2.05, 4.69) is 17.6 Å². The first-order valence-electron chi connectivity index (χ1n) is 6.34. The minimum Gasteiger partial charge on any atom is -0.314 e. The maximum atomic E-state index is 3.85. The molecule has 0 bridgehead atoms. The molecule has 2 atom stereocenters. The third-order valence-corrected chi connectivity index (χ3v) is 3.70. The fourth-order valence-electron chi connectivity index (χ4n) is 2.89. The van der Waals surface area contributed by atoms with Crippen molar-refractivity contribution >= 4 is 0 Å². The molecule has 1 saturated carbocycles. The molecule has 2 N–H and O–H groups in total. The molecule has 2 unspecified atom stereocenters. The molecule has 14 heavy (non-hydrogen) atoms. The van der Waals surface area contributed by atoms with E-state index in [9.17, 15) is 0 Å². The maximum absolute atomic E-state index is 3.85. The Kier molecular flexibility index (Phi) is 3.82. The Morgan fingerprint density at radius 2 is 1.79 bits per heavy atom. The van der Waals surface area contributed by atoms with E-state index in [0.29, 0.717) is 6.04 Å². The maximum Gasteiger partial charge on any atom is 0.00964 e. The van der Waals surface area contributed by atoms with Crippen molar-refractivity contribution in [2.75, 3.05) is 6.54 Å². The van der Waals surface area contributed by atoms with Gasteiger partial charge in [-0.1, -0.05) is 19.3 Å². The van der Waals surface area contributed by atoms with Crippen molar-refractivity contribution in [1.29, 1.82) is 0 Å². The van der Waals surface area contributed by atoms with Crippen molar-refractivity contribution in [3.63, 3.8) is 0 Å². The molecular weight excluding hydrogens is 172 g/mol. The zero-order valence-corrected chi connectivity index (χ0v) is 9.39. The highest BCUT2D eigenvalue weighted by molar-refractivity contribution is 4.83. The monoisotopic (exact) mass is 196 g/mol. The number of rotatable bonds is 2. The molecule has 1 aliphatic heterocycles. The van der Waals surface area contributed by atoms with Crippen LogP contribution in [0.4, 0.5) is 0 Å². The lowest BCUT2D eigenvalue weighted by atomic mass is 9.92. The summed E-state index contributed by atoms with van der Waals surface area (Å²) in [6.45, 7) is 3.50. The topological polar surface area (TPSA) is 24.1 Å². The van der Waals surface area contributed by atoms with Gasteiger partial charge >= 0.3 is 0 Å². The Balaban J connectivity index is 1.72. The molecule has 0 aromatic rings. The van der Waals surface area contributed by atoms with Crippen molar-refractivity contribution < 1.29 is 0 Å². The summed E-state index contributed by atoms with van der Waals surface area (Å²) in [5.74, 6) is 0. The van der Waals surface area contributed by atoms with Gasteiger partial charge in [0.2, 0.25) is 0 Å². The molecular formula is C12H24N2. The predicted molar refractivity (Wildman–Crippen MR) is 60.5 cm³/mol. The van der Waals surface area contributed by atoms with Gasteiger partial charge in [0.05, 0.1) is 0 Å². The van der Waals surface area contributed by atoms with Crippen molar-refractivity contribution in [3.05, 3.63) is 0 Å². The van der Waals surface area contributed by atoms with E-state index >= 15 is 0 Å². The third kappa shape index (κ3) is 2.96. The van der Waals surface area contributed by atoms with Crippen LogP contribution >= 0.6 is 0 Å². The molecule has 2 rings (SSSR count). The van der Waals surface area contributed by atoms with Crippen LogP contribution in [-0.4, -0.2) is 24.7 Å². The molecule has 0 spiro atoms. The average Bonchev–Trinajstić information content (AvgIpc) is 2.19. The largest absolute Gasteiger partial charge is 0.314 e. The van der Waals surface area contributed by atoms with Crippen LogP contribution in [0, 0.1) is 0 Å². The highest BCUT2D eigenvalue weighted by atomic mass is 15.0. The van der Waals surface area contributed by atoms with E-state index in [4.69, 9.17) is 0 Å². The first kappa shape index (κ1) is 10.4. The fraction of sp³-hybridized carbons (Fsp3) is 1.00. The Bertz CT molecular complexity index is 164. The van der Waals surface area contributed by atoms with E-state index in [0.717, 1.165) is 12.1 Å². The van der Waals surface area contributed by atoms with Crippen LogP contribution in [0.3, 0.4) is 0 Å². The van der Waals surface area contributed by atoms with E-state index in [1.807, 2.05) is 0 Å². The molecule has 1 saturated heterocycles. The average molecular weight is 196 g/mol. The van der Waals surface area contributed by atoms with E-state index in [-0.39, 0.29) is 0 Å². The molecule has 2 heteroatoms. The SMILES string of the molecule is CC1CC(NC2CCCCC2)CCN1. The molecule has 2 fully saturated rings. The number of piperidine rings is 1. The Morgan fingerprint density at radius 1 is 1.00 bits per heavy atom. The zero-order valence-electron chi connectivity index (χ0n) is 9.39. The van der Waals surface area contributed by atoms with Crippen LogP contribution in [0.15, 0.2) is 0 Å². The quantitative estimate of drug-likeness (QED) is 0.706. The smallest absolute Gasteiger partial charge is 0.00964 e. The number of hydrogen-bond acceptors (Lipinski definition) is 2. The molecule has 1 heterocycles. The standard InChI is InChI=1S/C12H24N2/c1-10-9-12(7-8-13-10)14-11-5-3-2-4-6-11/h10-14H,2-9H2,1H3. The predicted octanol–water partition coefficient (Wildman–Crippen LogP) is 2.05. The molecule has 0 radical (unpaired) electrons. The summed E-state index contributed by atoms with van der Waals surface area (Å²) >= 11 is 0. The van der Waals surface area contributed by atoms with E-state index < -0.39 is 0 Å². The van der Waals surface area contributed by atoms with Gasteiger partial charge in [-0.2, -0.15) is 0 Å². The molecule has 0 amide bonds. The second-order valence-corrected chi connectivity index (χ2v) is 5.08. The minimum absolute atomic E-state index is 0.713. The Labute approximate surface area is 87.8 Å². The zero-order chi connectivity index (χ0) is 9.80. The fourth-order valence-corrected chi connectivity index (χ4v) is 2.89. The van der Waals surface area contributed by atoms with Crippen LogP contribution in [0.5, 0.6) is 0 Å². The lowest BCUT2D eigenvalue weighted by Crippen LogP contribution is -2.48. The molecule has 2 aliphatic rings.